The van der Waals surface area contributed by atoms with Gasteiger partial charge in [-0.05, 0) is 60.6 Å². The highest BCUT2D eigenvalue weighted by atomic mass is 16.6. The van der Waals surface area contributed by atoms with Gasteiger partial charge in [0.15, 0.2) is 6.10 Å². The van der Waals surface area contributed by atoms with Crippen LogP contribution in [0.1, 0.15) is 110 Å². The number of likely N-dealkylation sites (tertiary alicyclic amines) is 1. The highest BCUT2D eigenvalue weighted by Crippen LogP contribution is 2.45. The van der Waals surface area contributed by atoms with Crippen LogP contribution >= 0.6 is 0 Å². The number of methoxy groups -OCH3 is 2. The highest BCUT2D eigenvalue weighted by Gasteiger charge is 2.44. The molecule has 0 bridgehead atoms. The van der Waals surface area contributed by atoms with Gasteiger partial charge < -0.3 is 45.1 Å². The molecule has 16 heteroatoms. The SMILES string of the molecule is CC[C@H](C)[C@@H]([C@@H](CC(=O)N1CCC[C@H]1[C@H](OC)[C@@H](C)C(=O)N[C@@H](Cc1ccccc1)C(=O)NCCCO)OC)N(C)C(=O)[C@@H](NC(=O)[C@H](C(C)C)N(CC)C(=O)OC1c2ccccc2-c2ccccc21)C(C)C. The van der Waals surface area contributed by atoms with Crippen LogP contribution in [-0.4, -0.2) is 145 Å². The van der Waals surface area contributed by atoms with Crippen molar-refractivity contribution >= 4 is 35.6 Å². The molecular formula is C57H82N6O10. The minimum absolute atomic E-state index is 0.0680. The van der Waals surface area contributed by atoms with Crippen LogP contribution < -0.4 is 16.0 Å². The number of amides is 6. The Morgan fingerprint density at radius 2 is 1.40 bits per heavy atom. The van der Waals surface area contributed by atoms with Gasteiger partial charge in [0, 0.05) is 65.1 Å². The van der Waals surface area contributed by atoms with Crippen molar-refractivity contribution in [3.8, 4) is 11.1 Å². The Hall–Kier alpha value is -5.84. The number of aliphatic hydroxyl groups excluding tert-OH is 1. The van der Waals surface area contributed by atoms with Crippen molar-refractivity contribution in [2.75, 3.05) is 47.5 Å². The predicted molar refractivity (Wildman–Crippen MR) is 281 cm³/mol. The van der Waals surface area contributed by atoms with Crippen LogP contribution in [-0.2, 0) is 44.6 Å². The molecule has 1 saturated heterocycles. The molecule has 400 valence electrons. The van der Waals surface area contributed by atoms with Crippen LogP contribution in [0.4, 0.5) is 4.79 Å². The number of carbonyl (C=O) groups is 6. The highest BCUT2D eigenvalue weighted by molar-refractivity contribution is 5.92. The molecule has 0 aromatic heterocycles. The molecular weight excluding hydrogens is 929 g/mol. The molecule has 3 aromatic carbocycles. The van der Waals surface area contributed by atoms with E-state index in [-0.39, 0.29) is 68.0 Å². The summed E-state index contributed by atoms with van der Waals surface area (Å²) < 4.78 is 18.4. The van der Waals surface area contributed by atoms with Crippen molar-refractivity contribution in [1.82, 2.24) is 30.7 Å². The minimum atomic E-state index is -0.987. The number of hydrogen-bond donors (Lipinski definition) is 4. The van der Waals surface area contributed by atoms with E-state index in [1.54, 1.807) is 30.7 Å². The van der Waals surface area contributed by atoms with E-state index in [2.05, 4.69) is 16.0 Å². The lowest BCUT2D eigenvalue weighted by molar-refractivity contribution is -0.148. The van der Waals surface area contributed by atoms with E-state index in [9.17, 15) is 33.9 Å². The summed E-state index contributed by atoms with van der Waals surface area (Å²) in [5, 5.41) is 18.1. The normalized spacial score (nSPS) is 17.6. The third-order valence-corrected chi connectivity index (χ3v) is 14.8. The maximum atomic E-state index is 14.8. The van der Waals surface area contributed by atoms with Gasteiger partial charge in [-0.3, -0.25) is 28.9 Å². The van der Waals surface area contributed by atoms with Crippen LogP contribution in [0.15, 0.2) is 78.9 Å². The van der Waals surface area contributed by atoms with E-state index >= 15 is 0 Å². The number of nitrogens with one attached hydrogen (secondary N) is 3. The summed E-state index contributed by atoms with van der Waals surface area (Å²) in [4.78, 5) is 90.3. The average Bonchev–Trinajstić information content (AvgIpc) is 3.99. The van der Waals surface area contributed by atoms with Crippen LogP contribution in [0.2, 0.25) is 0 Å². The lowest BCUT2D eigenvalue weighted by Crippen LogP contribution is -2.60. The number of likely N-dealkylation sites (N-methyl/N-ethyl adjacent to an activating group) is 2. The zero-order valence-corrected chi connectivity index (χ0v) is 45.0. The standard InChI is InChI=1S/C57H82N6O10/c1-12-37(7)50(46(71-10)34-47(65)63-31-21-29-45(63)51(72-11)38(8)53(66)59-44(54(67)58-30-22-32-64)33-39-23-15-14-16-24-39)61(9)56(69)48(35(3)4)60-55(68)49(36(5)6)62(13-2)57(70)73-52-42-27-19-17-25-40(42)41-26-18-20-28-43(41)52/h14-20,23-28,35-38,44-46,48-52,64H,12-13,21-22,29-34H2,1-11H3,(H,58,67)(H,59,66)(H,60,68)/t37-,38+,44-,45-,46+,48-,49-,50-,51+/m0/s1. The zero-order chi connectivity index (χ0) is 53.5. The molecule has 5 rings (SSSR count). The number of carbonyl (C=O) groups excluding carboxylic acids is 6. The maximum absolute atomic E-state index is 14.8. The Morgan fingerprint density at radius 1 is 0.781 bits per heavy atom. The van der Waals surface area contributed by atoms with Crippen molar-refractivity contribution in [2.24, 2.45) is 23.7 Å². The summed E-state index contributed by atoms with van der Waals surface area (Å²) >= 11 is 0. The molecule has 1 heterocycles. The summed E-state index contributed by atoms with van der Waals surface area (Å²) in [6, 6.07) is 21.2. The fraction of sp³-hybridized carbons (Fsp3) is 0.579. The van der Waals surface area contributed by atoms with Crippen molar-refractivity contribution in [2.45, 2.75) is 142 Å². The largest absolute Gasteiger partial charge is 0.436 e. The summed E-state index contributed by atoms with van der Waals surface area (Å²) in [6.45, 7) is 15.8. The Labute approximate surface area is 433 Å². The van der Waals surface area contributed by atoms with Crippen LogP contribution in [0.3, 0.4) is 0 Å². The minimum Gasteiger partial charge on any atom is -0.436 e. The topological polar surface area (TPSA) is 196 Å². The smallest absolute Gasteiger partial charge is 0.411 e. The molecule has 1 aliphatic heterocycles. The van der Waals surface area contributed by atoms with E-state index in [1.165, 1.54) is 19.1 Å². The van der Waals surface area contributed by atoms with Gasteiger partial charge in [0.1, 0.15) is 18.1 Å². The first-order valence-electron chi connectivity index (χ1n) is 26.2. The molecule has 0 unspecified atom stereocenters. The van der Waals surface area contributed by atoms with E-state index in [4.69, 9.17) is 14.2 Å². The van der Waals surface area contributed by atoms with E-state index in [0.717, 1.165) is 27.8 Å². The van der Waals surface area contributed by atoms with Crippen LogP contribution in [0, 0.1) is 23.7 Å². The number of hydrogen-bond acceptors (Lipinski definition) is 10. The molecule has 3 aromatic rings. The van der Waals surface area contributed by atoms with Gasteiger partial charge in [-0.2, -0.15) is 0 Å². The Morgan fingerprint density at radius 3 is 1.95 bits per heavy atom. The number of rotatable bonds is 26. The first-order chi connectivity index (χ1) is 34.9. The number of aliphatic hydroxyl groups is 1. The maximum Gasteiger partial charge on any atom is 0.411 e. The molecule has 1 aliphatic carbocycles. The molecule has 4 N–H and O–H groups in total. The molecule has 73 heavy (non-hydrogen) atoms. The first kappa shape index (κ1) is 58.1. The van der Waals surface area contributed by atoms with Gasteiger partial charge >= 0.3 is 6.09 Å². The monoisotopic (exact) mass is 1010 g/mol. The van der Waals surface area contributed by atoms with Gasteiger partial charge in [0.05, 0.1) is 36.6 Å². The van der Waals surface area contributed by atoms with Gasteiger partial charge in [-0.1, -0.05) is 134 Å². The van der Waals surface area contributed by atoms with Gasteiger partial charge in [-0.25, -0.2) is 4.79 Å². The van der Waals surface area contributed by atoms with Crippen molar-refractivity contribution < 1.29 is 48.1 Å². The van der Waals surface area contributed by atoms with Crippen molar-refractivity contribution in [1.29, 1.82) is 0 Å². The molecule has 1 fully saturated rings. The fourth-order valence-electron chi connectivity index (χ4n) is 10.7. The summed E-state index contributed by atoms with van der Waals surface area (Å²) in [5.74, 6) is -3.41. The predicted octanol–water partition coefficient (Wildman–Crippen LogP) is 6.53. The fourth-order valence-corrected chi connectivity index (χ4v) is 10.7. The number of benzene rings is 3. The molecule has 6 amide bonds. The van der Waals surface area contributed by atoms with Gasteiger partial charge in [-0.15, -0.1) is 0 Å². The average molecular weight is 1010 g/mol. The summed E-state index contributed by atoms with van der Waals surface area (Å²) in [6.07, 6.45) is -0.248. The summed E-state index contributed by atoms with van der Waals surface area (Å²) in [5.41, 5.74) is 4.59. The first-order valence-corrected chi connectivity index (χ1v) is 26.2. The zero-order valence-electron chi connectivity index (χ0n) is 45.0. The van der Waals surface area contributed by atoms with Gasteiger partial charge in [0.2, 0.25) is 29.5 Å². The molecule has 0 spiro atoms. The molecule has 0 radical (unpaired) electrons. The third-order valence-electron chi connectivity index (χ3n) is 14.8. The molecule has 9 atom stereocenters. The van der Waals surface area contributed by atoms with Crippen molar-refractivity contribution in [3.63, 3.8) is 0 Å². The van der Waals surface area contributed by atoms with Gasteiger partial charge in [0.25, 0.3) is 0 Å². The lowest BCUT2D eigenvalue weighted by atomic mass is 9.89. The Bertz CT molecular complexity index is 2270. The second kappa shape index (κ2) is 27.4. The van der Waals surface area contributed by atoms with Crippen LogP contribution in [0.5, 0.6) is 0 Å². The molecule has 0 saturated carbocycles. The Balaban J connectivity index is 1.29. The van der Waals surface area contributed by atoms with E-state index in [0.29, 0.717) is 32.2 Å². The van der Waals surface area contributed by atoms with Crippen LogP contribution in [0.25, 0.3) is 11.1 Å². The van der Waals surface area contributed by atoms with E-state index in [1.807, 2.05) is 120 Å². The third kappa shape index (κ3) is 14.1. The quantitative estimate of drug-likeness (QED) is 0.0643. The Kier molecular flexibility index (Phi) is 21.8. The number of fused-ring (bicyclic) bond motifs is 3. The number of ether oxygens (including phenoxy) is 3. The van der Waals surface area contributed by atoms with Crippen molar-refractivity contribution in [3.05, 3.63) is 95.6 Å². The second-order valence-corrected chi connectivity index (χ2v) is 20.4. The lowest BCUT2D eigenvalue weighted by Gasteiger charge is -2.41. The summed E-state index contributed by atoms with van der Waals surface area (Å²) in [7, 11) is 4.73. The van der Waals surface area contributed by atoms with E-state index < -0.39 is 72.3 Å². The second-order valence-electron chi connectivity index (χ2n) is 20.4. The molecule has 16 nitrogen and oxygen atoms in total. The molecule has 2 aliphatic rings. The number of nitrogens with zero attached hydrogens (tertiary/aromatic N) is 3.